The second-order valence-electron chi connectivity index (χ2n) is 4.20. The van der Waals surface area contributed by atoms with Gasteiger partial charge in [-0.15, -0.1) is 0 Å². The molecule has 1 amide bonds. The summed E-state index contributed by atoms with van der Waals surface area (Å²) in [5, 5.41) is 21.1. The van der Waals surface area contributed by atoms with Crippen LogP contribution >= 0.6 is 0 Å². The van der Waals surface area contributed by atoms with Gasteiger partial charge in [0.1, 0.15) is 5.75 Å². The number of carboxylic acids is 1. The number of anilines is 1. The number of carboxylic acid groups (broad SMARTS) is 1. The van der Waals surface area contributed by atoms with E-state index in [0.717, 1.165) is 11.8 Å². The lowest BCUT2D eigenvalue weighted by Crippen LogP contribution is -2.15. The number of hydrogen-bond donors (Lipinski definition) is 3. The highest BCUT2D eigenvalue weighted by Crippen LogP contribution is 2.20. The quantitative estimate of drug-likeness (QED) is 0.794. The molecule has 0 spiro atoms. The lowest BCUT2D eigenvalue weighted by molar-refractivity contribution is 0.0698. The second-order valence-corrected chi connectivity index (χ2v) is 4.20. The molecule has 6 heteroatoms. The van der Waals surface area contributed by atoms with Gasteiger partial charge in [-0.3, -0.25) is 9.78 Å². The molecule has 3 N–H and O–H groups in total. The number of nitrogens with zero attached hydrogens (tertiary/aromatic N) is 1. The zero-order valence-corrected chi connectivity index (χ0v) is 10.6. The monoisotopic (exact) mass is 272 g/mol. The minimum absolute atomic E-state index is 0.00750. The summed E-state index contributed by atoms with van der Waals surface area (Å²) in [5.74, 6) is -2.01. The summed E-state index contributed by atoms with van der Waals surface area (Å²) in [6, 6.07) is 6.01. The first-order valence-corrected chi connectivity index (χ1v) is 5.77. The van der Waals surface area contributed by atoms with Crippen LogP contribution in [0.4, 0.5) is 5.69 Å². The normalized spacial score (nSPS) is 10.1. The van der Waals surface area contributed by atoms with Gasteiger partial charge < -0.3 is 15.5 Å². The van der Waals surface area contributed by atoms with Crippen molar-refractivity contribution in [2.24, 2.45) is 0 Å². The maximum Gasteiger partial charge on any atom is 0.337 e. The van der Waals surface area contributed by atoms with Gasteiger partial charge in [-0.1, -0.05) is 11.6 Å². The number of aromatic hydroxyl groups is 1. The van der Waals surface area contributed by atoms with Gasteiger partial charge in [0.2, 0.25) is 0 Å². The van der Waals surface area contributed by atoms with E-state index in [4.69, 9.17) is 5.11 Å². The molecule has 102 valence electrons. The van der Waals surface area contributed by atoms with Gasteiger partial charge in [-0.05, 0) is 25.1 Å². The van der Waals surface area contributed by atoms with Gasteiger partial charge >= 0.3 is 5.97 Å². The van der Waals surface area contributed by atoms with E-state index in [1.54, 1.807) is 13.0 Å². The molecule has 1 aromatic carbocycles. The van der Waals surface area contributed by atoms with Crippen LogP contribution in [-0.2, 0) is 0 Å². The zero-order chi connectivity index (χ0) is 14.7. The maximum atomic E-state index is 12.0. The topological polar surface area (TPSA) is 99.5 Å². The first kappa shape index (κ1) is 13.5. The van der Waals surface area contributed by atoms with Gasteiger partial charge in [-0.25, -0.2) is 4.79 Å². The fraction of sp³-hybridized carbons (Fsp3) is 0.0714. The Bertz CT molecular complexity index is 683. The van der Waals surface area contributed by atoms with Crippen LogP contribution in [0.25, 0.3) is 0 Å². The Balaban J connectivity index is 2.33. The van der Waals surface area contributed by atoms with Crippen molar-refractivity contribution in [1.82, 2.24) is 4.98 Å². The maximum absolute atomic E-state index is 12.0. The number of carbonyl (C=O) groups is 2. The first-order chi connectivity index (χ1) is 9.49. The van der Waals surface area contributed by atoms with E-state index in [-0.39, 0.29) is 22.6 Å². The second kappa shape index (κ2) is 5.40. The molecule has 0 aliphatic heterocycles. The van der Waals surface area contributed by atoms with Gasteiger partial charge in [-0.2, -0.15) is 0 Å². The molecule has 0 aliphatic carbocycles. The predicted octanol–water partition coefficient (Wildman–Crippen LogP) is 2.05. The van der Waals surface area contributed by atoms with Crippen molar-refractivity contribution >= 4 is 17.6 Å². The van der Waals surface area contributed by atoms with Crippen molar-refractivity contribution in [3.63, 3.8) is 0 Å². The fourth-order valence-corrected chi connectivity index (χ4v) is 1.71. The van der Waals surface area contributed by atoms with Gasteiger partial charge in [0.05, 0.1) is 23.0 Å². The van der Waals surface area contributed by atoms with Gasteiger partial charge in [0.15, 0.2) is 0 Å². The number of aromatic nitrogens is 1. The molecule has 6 nitrogen and oxygen atoms in total. The Morgan fingerprint density at radius 3 is 2.60 bits per heavy atom. The number of aryl methyl sites for hydroxylation is 1. The minimum Gasteiger partial charge on any atom is -0.505 e. The summed E-state index contributed by atoms with van der Waals surface area (Å²) in [6.07, 6.45) is 2.50. The molecule has 0 aliphatic rings. The third-order valence-electron chi connectivity index (χ3n) is 2.70. The smallest absolute Gasteiger partial charge is 0.337 e. The molecule has 20 heavy (non-hydrogen) atoms. The predicted molar refractivity (Wildman–Crippen MR) is 72.0 cm³/mol. The number of benzene rings is 1. The number of nitrogens with one attached hydrogen (secondary N) is 1. The molecular weight excluding hydrogens is 260 g/mol. The number of hydrogen-bond acceptors (Lipinski definition) is 4. The highest BCUT2D eigenvalue weighted by atomic mass is 16.4. The number of pyridine rings is 1. The summed E-state index contributed by atoms with van der Waals surface area (Å²) in [6.45, 7) is 1.76. The number of rotatable bonds is 3. The van der Waals surface area contributed by atoms with Crippen LogP contribution in [0.1, 0.15) is 26.3 Å². The highest BCUT2D eigenvalue weighted by Gasteiger charge is 2.15. The Morgan fingerprint density at radius 1 is 1.20 bits per heavy atom. The average molecular weight is 272 g/mol. The molecule has 0 saturated heterocycles. The summed E-state index contributed by atoms with van der Waals surface area (Å²) >= 11 is 0. The summed E-state index contributed by atoms with van der Waals surface area (Å²) in [5.41, 5.74) is 0.959. The summed E-state index contributed by atoms with van der Waals surface area (Å²) in [4.78, 5) is 26.8. The van der Waals surface area contributed by atoms with Crippen LogP contribution in [0.15, 0.2) is 36.7 Å². The van der Waals surface area contributed by atoms with Crippen molar-refractivity contribution in [3.8, 4) is 5.75 Å². The van der Waals surface area contributed by atoms with E-state index < -0.39 is 11.9 Å². The van der Waals surface area contributed by atoms with E-state index in [0.29, 0.717) is 0 Å². The molecule has 0 unspecified atom stereocenters. The van der Waals surface area contributed by atoms with Crippen molar-refractivity contribution in [3.05, 3.63) is 53.3 Å². The van der Waals surface area contributed by atoms with E-state index >= 15 is 0 Å². The van der Waals surface area contributed by atoms with Crippen LogP contribution in [0.5, 0.6) is 5.75 Å². The largest absolute Gasteiger partial charge is 0.505 e. The summed E-state index contributed by atoms with van der Waals surface area (Å²) < 4.78 is 0. The number of aromatic carboxylic acids is 1. The van der Waals surface area contributed by atoms with Crippen molar-refractivity contribution in [1.29, 1.82) is 0 Å². The molecule has 2 rings (SSSR count). The van der Waals surface area contributed by atoms with E-state index in [1.807, 2.05) is 0 Å². The Morgan fingerprint density at radius 2 is 1.95 bits per heavy atom. The lowest BCUT2D eigenvalue weighted by Gasteiger charge is -2.10. The molecule has 0 radical (unpaired) electrons. The molecule has 0 fully saturated rings. The van der Waals surface area contributed by atoms with Crippen LogP contribution in [-0.4, -0.2) is 27.1 Å². The zero-order valence-electron chi connectivity index (χ0n) is 10.6. The molecular formula is C14H12N2O4. The number of amides is 1. The van der Waals surface area contributed by atoms with Crippen LogP contribution < -0.4 is 5.32 Å². The third-order valence-corrected chi connectivity index (χ3v) is 2.70. The van der Waals surface area contributed by atoms with Gasteiger partial charge in [0.25, 0.3) is 5.91 Å². The minimum atomic E-state index is -1.14. The third kappa shape index (κ3) is 2.74. The average Bonchev–Trinajstić information content (AvgIpc) is 2.41. The van der Waals surface area contributed by atoms with Crippen LogP contribution in [0.3, 0.4) is 0 Å². The van der Waals surface area contributed by atoms with Crippen molar-refractivity contribution in [2.45, 2.75) is 6.92 Å². The van der Waals surface area contributed by atoms with Crippen LogP contribution in [0.2, 0.25) is 0 Å². The molecule has 0 atom stereocenters. The van der Waals surface area contributed by atoms with E-state index in [9.17, 15) is 14.7 Å². The molecule has 0 bridgehead atoms. The molecule has 1 heterocycles. The van der Waals surface area contributed by atoms with Crippen molar-refractivity contribution < 1.29 is 19.8 Å². The molecule has 0 saturated carbocycles. The Kier molecular flexibility index (Phi) is 3.65. The highest BCUT2D eigenvalue weighted by molar-refractivity contribution is 6.09. The summed E-state index contributed by atoms with van der Waals surface area (Å²) in [7, 11) is 0. The lowest BCUT2D eigenvalue weighted by atomic mass is 10.1. The van der Waals surface area contributed by atoms with Crippen LogP contribution in [0, 0.1) is 6.92 Å². The molecule has 1 aromatic heterocycles. The first-order valence-electron chi connectivity index (χ1n) is 5.77. The Labute approximate surface area is 114 Å². The standard InChI is InChI=1S/C14H12N2O4/c1-8-2-3-11(10(6-8)14(19)20)16-13(18)9-4-5-15-7-12(9)17/h2-7,17H,1H3,(H,16,18)(H,19,20). The number of carbonyl (C=O) groups excluding carboxylic acids is 1. The Hall–Kier alpha value is -2.89. The fourth-order valence-electron chi connectivity index (χ4n) is 1.71. The van der Waals surface area contributed by atoms with E-state index in [2.05, 4.69) is 10.3 Å². The van der Waals surface area contributed by atoms with Crippen molar-refractivity contribution in [2.75, 3.05) is 5.32 Å². The van der Waals surface area contributed by atoms with E-state index in [1.165, 1.54) is 24.4 Å². The van der Waals surface area contributed by atoms with Gasteiger partial charge in [0, 0.05) is 6.20 Å². The SMILES string of the molecule is Cc1ccc(NC(=O)c2ccncc2O)c(C(=O)O)c1. The molecule has 2 aromatic rings.